The lowest BCUT2D eigenvalue weighted by Crippen LogP contribution is -2.11. The molecular weight excluding hydrogens is 289 g/mol. The average Bonchev–Trinajstić information content (AvgIpc) is 2.90. The molecule has 4 nitrogen and oxygen atoms in total. The first-order valence-corrected chi connectivity index (χ1v) is 6.59. The minimum absolute atomic E-state index is 0.154. The quantitative estimate of drug-likeness (QED) is 0.730. The van der Waals surface area contributed by atoms with Crippen LogP contribution in [-0.4, -0.2) is 19.8 Å². The predicted octanol–water partition coefficient (Wildman–Crippen LogP) is 3.10. The summed E-state index contributed by atoms with van der Waals surface area (Å²) < 4.78 is 38.8. The van der Waals surface area contributed by atoms with Gasteiger partial charge in [0.05, 0.1) is 0 Å². The van der Waals surface area contributed by atoms with E-state index in [0.29, 0.717) is 11.4 Å². The van der Waals surface area contributed by atoms with E-state index >= 15 is 0 Å². The number of nitrogens with zero attached hydrogens (tertiary/aromatic N) is 4. The second kappa shape index (κ2) is 4.55. The highest BCUT2D eigenvalue weighted by Crippen LogP contribution is 2.29. The van der Waals surface area contributed by atoms with Crippen LogP contribution in [0.15, 0.2) is 24.3 Å². The van der Waals surface area contributed by atoms with Crippen molar-refractivity contribution in [2.45, 2.75) is 19.5 Å². The molecule has 0 aliphatic rings. The highest BCUT2D eigenvalue weighted by molar-refractivity contribution is 7.16. The fourth-order valence-corrected chi connectivity index (χ4v) is 2.73. The third kappa shape index (κ3) is 2.26. The first kappa shape index (κ1) is 13.0. The number of hydrogen-bond acceptors (Lipinski definition) is 4. The molecule has 2 heterocycles. The number of halogens is 3. The van der Waals surface area contributed by atoms with Gasteiger partial charge in [-0.25, -0.2) is 0 Å². The van der Waals surface area contributed by atoms with Crippen LogP contribution in [0, 0.1) is 6.92 Å². The van der Waals surface area contributed by atoms with Gasteiger partial charge >= 0.3 is 6.18 Å². The number of aromatic nitrogens is 4. The Hall–Kier alpha value is -1.96. The van der Waals surface area contributed by atoms with Crippen LogP contribution in [0.3, 0.4) is 0 Å². The Balaban J connectivity index is 1.98. The topological polar surface area (TPSA) is 43.1 Å². The van der Waals surface area contributed by atoms with Crippen LogP contribution >= 0.6 is 11.3 Å². The van der Waals surface area contributed by atoms with Gasteiger partial charge in [-0.05, 0) is 18.1 Å². The van der Waals surface area contributed by atoms with Crippen molar-refractivity contribution in [3.63, 3.8) is 0 Å². The molecule has 0 aliphatic heterocycles. The molecule has 0 radical (unpaired) electrons. The third-order valence-corrected chi connectivity index (χ3v) is 3.79. The van der Waals surface area contributed by atoms with E-state index in [2.05, 4.69) is 15.3 Å². The molecule has 0 saturated heterocycles. The molecule has 1 aromatic carbocycles. The summed E-state index contributed by atoms with van der Waals surface area (Å²) in [6.45, 7) is 1.96. The molecule has 3 rings (SSSR count). The lowest BCUT2D eigenvalue weighted by Gasteiger charge is -2.02. The highest BCUT2D eigenvalue weighted by atomic mass is 32.1. The van der Waals surface area contributed by atoms with Crippen molar-refractivity contribution in [2.75, 3.05) is 0 Å². The maximum atomic E-state index is 12.7. The number of alkyl halides is 3. The molecule has 8 heteroatoms. The van der Waals surface area contributed by atoms with Gasteiger partial charge in [-0.3, -0.25) is 0 Å². The summed E-state index contributed by atoms with van der Waals surface area (Å²) in [5.74, 6) is -1.08. The molecular formula is C12H9F3N4S. The lowest BCUT2D eigenvalue weighted by molar-refractivity contribution is -0.146. The van der Waals surface area contributed by atoms with Crippen molar-refractivity contribution < 1.29 is 13.2 Å². The summed E-state index contributed by atoms with van der Waals surface area (Å²) in [6, 6.07) is 7.70. The van der Waals surface area contributed by atoms with E-state index in [0.717, 1.165) is 27.0 Å². The normalized spacial score (nSPS) is 12.2. The molecule has 3 aromatic rings. The Bertz CT molecular complexity index is 759. The van der Waals surface area contributed by atoms with Crippen LogP contribution in [0.25, 0.3) is 4.96 Å². The molecule has 0 unspecified atom stereocenters. The lowest BCUT2D eigenvalue weighted by atomic mass is 10.1. The highest BCUT2D eigenvalue weighted by Gasteiger charge is 2.38. The number of fused-ring (bicyclic) bond motifs is 1. The molecule has 0 atom stereocenters. The predicted molar refractivity (Wildman–Crippen MR) is 67.6 cm³/mol. The summed E-state index contributed by atoms with van der Waals surface area (Å²) in [5, 5.41) is 11.2. The number of benzene rings is 1. The molecule has 2 aromatic heterocycles. The number of rotatable bonds is 2. The summed E-state index contributed by atoms with van der Waals surface area (Å²) in [4.78, 5) is 0.154. The van der Waals surface area contributed by atoms with Gasteiger partial charge in [-0.15, -0.1) is 10.2 Å². The zero-order valence-electron chi connectivity index (χ0n) is 10.3. The van der Waals surface area contributed by atoms with Crippen LogP contribution in [0.2, 0.25) is 0 Å². The van der Waals surface area contributed by atoms with Crippen molar-refractivity contribution in [2.24, 2.45) is 0 Å². The smallest absolute Gasteiger partial charge is 0.178 e. The van der Waals surface area contributed by atoms with Gasteiger partial charge in [0, 0.05) is 6.42 Å². The molecule has 20 heavy (non-hydrogen) atoms. The van der Waals surface area contributed by atoms with E-state index < -0.39 is 12.0 Å². The standard InChI is InChI=1S/C12H9F3N4S/c1-7-4-2-3-5-8(7)6-9-18-19-10(12(13,14)15)16-17-11(19)20-9/h2-5H,6H2,1H3. The maximum absolute atomic E-state index is 12.7. The zero-order chi connectivity index (χ0) is 14.3. The minimum atomic E-state index is -4.55. The van der Waals surface area contributed by atoms with E-state index in [4.69, 9.17) is 0 Å². The Morgan fingerprint density at radius 1 is 1.20 bits per heavy atom. The molecule has 104 valence electrons. The first-order valence-electron chi connectivity index (χ1n) is 5.78. The first-order chi connectivity index (χ1) is 9.45. The fourth-order valence-electron chi connectivity index (χ4n) is 1.88. The summed E-state index contributed by atoms with van der Waals surface area (Å²) >= 11 is 1.12. The molecule has 0 bridgehead atoms. The van der Waals surface area contributed by atoms with Gasteiger partial charge in [0.1, 0.15) is 5.01 Å². The SMILES string of the molecule is Cc1ccccc1Cc1nn2c(C(F)(F)F)nnc2s1. The Morgan fingerprint density at radius 3 is 2.65 bits per heavy atom. The van der Waals surface area contributed by atoms with Crippen LogP contribution in [0.1, 0.15) is 22.0 Å². The van der Waals surface area contributed by atoms with Crippen molar-refractivity contribution in [1.82, 2.24) is 19.8 Å². The number of aryl methyl sites for hydroxylation is 1. The summed E-state index contributed by atoms with van der Waals surface area (Å²) in [6.07, 6.45) is -4.06. The third-order valence-electron chi connectivity index (χ3n) is 2.89. The fraction of sp³-hybridized carbons (Fsp3) is 0.250. The van der Waals surface area contributed by atoms with Crippen molar-refractivity contribution >= 4 is 16.3 Å². The van der Waals surface area contributed by atoms with Gasteiger partial charge < -0.3 is 0 Å². The van der Waals surface area contributed by atoms with E-state index in [1.807, 2.05) is 31.2 Å². The number of hydrogen-bond donors (Lipinski definition) is 0. The van der Waals surface area contributed by atoms with Gasteiger partial charge in [0.2, 0.25) is 4.96 Å². The van der Waals surface area contributed by atoms with Crippen molar-refractivity contribution in [3.05, 3.63) is 46.2 Å². The van der Waals surface area contributed by atoms with E-state index in [-0.39, 0.29) is 4.96 Å². The molecule has 0 amide bonds. The van der Waals surface area contributed by atoms with E-state index in [9.17, 15) is 13.2 Å². The second-order valence-corrected chi connectivity index (χ2v) is 5.36. The average molecular weight is 298 g/mol. The molecule has 0 aliphatic carbocycles. The van der Waals surface area contributed by atoms with E-state index in [1.165, 1.54) is 0 Å². The van der Waals surface area contributed by atoms with Crippen LogP contribution in [0.4, 0.5) is 13.2 Å². The maximum Gasteiger partial charge on any atom is 0.453 e. The van der Waals surface area contributed by atoms with Crippen LogP contribution < -0.4 is 0 Å². The largest absolute Gasteiger partial charge is 0.453 e. The van der Waals surface area contributed by atoms with Gasteiger partial charge in [-0.2, -0.15) is 22.8 Å². The van der Waals surface area contributed by atoms with Crippen molar-refractivity contribution in [1.29, 1.82) is 0 Å². The second-order valence-electron chi connectivity index (χ2n) is 4.31. The van der Waals surface area contributed by atoms with Crippen molar-refractivity contribution in [3.8, 4) is 0 Å². The van der Waals surface area contributed by atoms with Gasteiger partial charge in [-0.1, -0.05) is 35.6 Å². The Kier molecular flexibility index (Phi) is 2.97. The Morgan fingerprint density at radius 2 is 1.95 bits per heavy atom. The summed E-state index contributed by atoms with van der Waals surface area (Å²) in [7, 11) is 0. The van der Waals surface area contributed by atoms with Gasteiger partial charge in [0.25, 0.3) is 5.82 Å². The van der Waals surface area contributed by atoms with Crippen LogP contribution in [-0.2, 0) is 12.6 Å². The Labute approximate surface area is 115 Å². The van der Waals surface area contributed by atoms with E-state index in [1.54, 1.807) is 0 Å². The molecule has 0 spiro atoms. The molecule has 0 saturated carbocycles. The minimum Gasteiger partial charge on any atom is -0.178 e. The summed E-state index contributed by atoms with van der Waals surface area (Å²) in [5.41, 5.74) is 2.11. The molecule has 0 N–H and O–H groups in total. The zero-order valence-corrected chi connectivity index (χ0v) is 11.2. The van der Waals surface area contributed by atoms with Crippen LogP contribution in [0.5, 0.6) is 0 Å². The van der Waals surface area contributed by atoms with Gasteiger partial charge in [0.15, 0.2) is 0 Å². The molecule has 0 fully saturated rings. The monoisotopic (exact) mass is 298 g/mol.